The van der Waals surface area contributed by atoms with E-state index in [1.807, 2.05) is 13.0 Å². The molecule has 10 heteroatoms. The van der Waals surface area contributed by atoms with Crippen LogP contribution in [0.15, 0.2) is 57.5 Å². The summed E-state index contributed by atoms with van der Waals surface area (Å²) in [6.45, 7) is 3.95. The fraction of sp³-hybridized carbons (Fsp3) is 0.345. The average Bonchev–Trinajstić information content (AvgIpc) is 3.26. The molecular formula is C29H32N2O7S. The monoisotopic (exact) mass is 552 g/mol. The highest BCUT2D eigenvalue weighted by atomic mass is 32.1. The van der Waals surface area contributed by atoms with Crippen molar-refractivity contribution in [2.75, 3.05) is 35.0 Å². The number of hydrogen-bond donors (Lipinski definition) is 0. The Balaban J connectivity index is 2.03. The number of fused-ring (bicyclic) bond motifs is 1. The highest BCUT2D eigenvalue weighted by Gasteiger charge is 2.36. The SMILES string of the molecule is CCCC1=C(C(=O)OCC)[C@@H](c2cc(OC)ccc2OC)n2c(s/c(=C\c3ccc(OC)c(OC)c3)c2=O)=N1. The molecule has 0 saturated carbocycles. The van der Waals surface area contributed by atoms with Crippen LogP contribution in [0.5, 0.6) is 23.0 Å². The number of aromatic nitrogens is 1. The van der Waals surface area contributed by atoms with Gasteiger partial charge in [0.05, 0.1) is 50.8 Å². The second-order valence-electron chi connectivity index (χ2n) is 8.64. The molecule has 2 aromatic carbocycles. The summed E-state index contributed by atoms with van der Waals surface area (Å²) in [4.78, 5) is 32.7. The van der Waals surface area contributed by atoms with Crippen LogP contribution in [-0.4, -0.2) is 45.6 Å². The van der Waals surface area contributed by atoms with Gasteiger partial charge in [0.2, 0.25) is 0 Å². The second-order valence-corrected chi connectivity index (χ2v) is 9.64. The predicted molar refractivity (Wildman–Crippen MR) is 149 cm³/mol. The maximum absolute atomic E-state index is 14.0. The van der Waals surface area contributed by atoms with E-state index < -0.39 is 12.0 Å². The molecule has 1 atom stereocenters. The van der Waals surface area contributed by atoms with Crippen LogP contribution in [-0.2, 0) is 9.53 Å². The molecular weight excluding hydrogens is 520 g/mol. The van der Waals surface area contributed by atoms with Crippen molar-refractivity contribution in [1.82, 2.24) is 4.57 Å². The molecule has 0 amide bonds. The maximum atomic E-state index is 14.0. The zero-order valence-corrected chi connectivity index (χ0v) is 23.7. The predicted octanol–water partition coefficient (Wildman–Crippen LogP) is 3.61. The molecule has 0 aliphatic carbocycles. The van der Waals surface area contributed by atoms with Crippen LogP contribution in [0.3, 0.4) is 0 Å². The van der Waals surface area contributed by atoms with E-state index in [2.05, 4.69) is 0 Å². The topological polar surface area (TPSA) is 97.6 Å². The number of benzene rings is 2. The summed E-state index contributed by atoms with van der Waals surface area (Å²) in [7, 11) is 6.23. The van der Waals surface area contributed by atoms with Gasteiger partial charge in [0.1, 0.15) is 17.5 Å². The number of hydrogen-bond acceptors (Lipinski definition) is 9. The molecule has 0 unspecified atom stereocenters. The number of carbonyl (C=O) groups excluding carboxylic acids is 1. The molecule has 0 saturated heterocycles. The zero-order chi connectivity index (χ0) is 28.1. The number of carbonyl (C=O) groups is 1. The third-order valence-corrected chi connectivity index (χ3v) is 7.31. The van der Waals surface area contributed by atoms with Gasteiger partial charge in [-0.15, -0.1) is 0 Å². The highest BCUT2D eigenvalue weighted by Crippen LogP contribution is 2.38. The van der Waals surface area contributed by atoms with Gasteiger partial charge in [0.15, 0.2) is 16.3 Å². The van der Waals surface area contributed by atoms with Crippen molar-refractivity contribution in [3.63, 3.8) is 0 Å². The molecule has 4 rings (SSSR count). The normalized spacial score (nSPS) is 14.9. The van der Waals surface area contributed by atoms with Crippen molar-refractivity contribution in [3.8, 4) is 23.0 Å². The van der Waals surface area contributed by atoms with Crippen LogP contribution < -0.4 is 33.8 Å². The van der Waals surface area contributed by atoms with E-state index in [0.717, 1.165) is 12.0 Å². The van der Waals surface area contributed by atoms with Gasteiger partial charge in [-0.3, -0.25) is 9.36 Å². The second kappa shape index (κ2) is 12.2. The lowest BCUT2D eigenvalue weighted by Gasteiger charge is -2.27. The fourth-order valence-electron chi connectivity index (χ4n) is 4.56. The molecule has 0 bridgehead atoms. The minimum Gasteiger partial charge on any atom is -0.497 e. The number of thiazole rings is 1. The van der Waals surface area contributed by atoms with Gasteiger partial charge < -0.3 is 23.7 Å². The van der Waals surface area contributed by atoms with Gasteiger partial charge in [0, 0.05) is 5.56 Å². The number of ether oxygens (including phenoxy) is 5. The quantitative estimate of drug-likeness (QED) is 0.355. The van der Waals surface area contributed by atoms with Gasteiger partial charge >= 0.3 is 5.97 Å². The smallest absolute Gasteiger partial charge is 0.338 e. The zero-order valence-electron chi connectivity index (χ0n) is 22.9. The Morgan fingerprint density at radius 3 is 2.33 bits per heavy atom. The third-order valence-electron chi connectivity index (χ3n) is 6.33. The lowest BCUT2D eigenvalue weighted by molar-refractivity contribution is -0.139. The molecule has 2 heterocycles. The van der Waals surface area contributed by atoms with Gasteiger partial charge in [-0.1, -0.05) is 30.7 Å². The number of rotatable bonds is 10. The van der Waals surface area contributed by atoms with E-state index >= 15 is 0 Å². The number of nitrogens with zero attached hydrogens (tertiary/aromatic N) is 2. The van der Waals surface area contributed by atoms with E-state index in [1.165, 1.54) is 11.3 Å². The summed E-state index contributed by atoms with van der Waals surface area (Å²) in [5, 5.41) is 0. The Morgan fingerprint density at radius 2 is 1.69 bits per heavy atom. The van der Waals surface area contributed by atoms with Crippen LogP contribution >= 0.6 is 11.3 Å². The Hall–Kier alpha value is -4.05. The van der Waals surface area contributed by atoms with E-state index in [4.69, 9.17) is 28.7 Å². The first-order chi connectivity index (χ1) is 18.9. The van der Waals surface area contributed by atoms with Crippen molar-refractivity contribution in [3.05, 3.63) is 78.5 Å². The first-order valence-corrected chi connectivity index (χ1v) is 13.4. The van der Waals surface area contributed by atoms with Crippen LogP contribution in [0.25, 0.3) is 6.08 Å². The molecule has 3 aromatic rings. The molecule has 1 aromatic heterocycles. The number of esters is 1. The molecule has 9 nitrogen and oxygen atoms in total. The van der Waals surface area contributed by atoms with Crippen LogP contribution in [0, 0.1) is 0 Å². The van der Waals surface area contributed by atoms with Crippen LogP contribution in [0.2, 0.25) is 0 Å². The third kappa shape index (κ3) is 5.42. The molecule has 1 aliphatic rings. The summed E-state index contributed by atoms with van der Waals surface area (Å²) in [5.74, 6) is 1.69. The van der Waals surface area contributed by atoms with E-state index in [1.54, 1.807) is 76.3 Å². The van der Waals surface area contributed by atoms with Gasteiger partial charge in [-0.05, 0) is 55.3 Å². The van der Waals surface area contributed by atoms with Crippen molar-refractivity contribution >= 4 is 23.4 Å². The van der Waals surface area contributed by atoms with Crippen molar-refractivity contribution < 1.29 is 28.5 Å². The van der Waals surface area contributed by atoms with Crippen molar-refractivity contribution in [1.29, 1.82) is 0 Å². The van der Waals surface area contributed by atoms with Crippen molar-refractivity contribution in [2.45, 2.75) is 32.7 Å². The summed E-state index contributed by atoms with van der Waals surface area (Å²) in [6.07, 6.45) is 3.07. The summed E-state index contributed by atoms with van der Waals surface area (Å²) in [6, 6.07) is 9.91. The largest absolute Gasteiger partial charge is 0.497 e. The van der Waals surface area contributed by atoms with Crippen LogP contribution in [0.1, 0.15) is 43.9 Å². The first-order valence-electron chi connectivity index (χ1n) is 12.6. The van der Waals surface area contributed by atoms with Gasteiger partial charge in [-0.2, -0.15) is 0 Å². The van der Waals surface area contributed by atoms with E-state index in [0.29, 0.717) is 55.6 Å². The van der Waals surface area contributed by atoms with Crippen molar-refractivity contribution in [2.24, 2.45) is 4.99 Å². The molecule has 206 valence electrons. The summed E-state index contributed by atoms with van der Waals surface area (Å²) >= 11 is 1.26. The summed E-state index contributed by atoms with van der Waals surface area (Å²) < 4.78 is 29.4. The van der Waals surface area contributed by atoms with E-state index in [-0.39, 0.29) is 12.2 Å². The summed E-state index contributed by atoms with van der Waals surface area (Å²) in [5.41, 5.74) is 1.97. The molecule has 39 heavy (non-hydrogen) atoms. The Labute approximate surface area is 230 Å². The van der Waals surface area contributed by atoms with Gasteiger partial charge in [-0.25, -0.2) is 9.79 Å². The molecule has 0 spiro atoms. The number of allylic oxidation sites excluding steroid dienone is 1. The molecule has 0 N–H and O–H groups in total. The minimum atomic E-state index is -0.820. The maximum Gasteiger partial charge on any atom is 0.338 e. The Kier molecular flexibility index (Phi) is 8.75. The average molecular weight is 553 g/mol. The standard InChI is InChI=1S/C29H32N2O7S/c1-7-9-20-25(28(33)38-8-2)26(19-16-18(34-3)11-13-21(19)35-4)31-27(32)24(39-29(31)30-20)15-17-10-12-22(36-5)23(14-17)37-6/h10-16,26H,7-9H2,1-6H3/b24-15-/t26-/m1/s1. The lowest BCUT2D eigenvalue weighted by Crippen LogP contribution is -2.40. The minimum absolute atomic E-state index is 0.188. The van der Waals surface area contributed by atoms with Gasteiger partial charge in [0.25, 0.3) is 5.56 Å². The van der Waals surface area contributed by atoms with E-state index in [9.17, 15) is 9.59 Å². The Morgan fingerprint density at radius 1 is 0.974 bits per heavy atom. The molecule has 0 fully saturated rings. The molecule has 0 radical (unpaired) electrons. The fourth-order valence-corrected chi connectivity index (χ4v) is 5.58. The Bertz CT molecular complexity index is 1590. The first kappa shape index (κ1) is 28.0. The molecule has 1 aliphatic heterocycles. The lowest BCUT2D eigenvalue weighted by atomic mass is 9.93. The van der Waals surface area contributed by atoms with Crippen LogP contribution in [0.4, 0.5) is 0 Å². The number of methoxy groups -OCH3 is 4. The highest BCUT2D eigenvalue weighted by molar-refractivity contribution is 7.07.